The van der Waals surface area contributed by atoms with Crippen LogP contribution in [0.5, 0.6) is 0 Å². The number of carbonyl (C=O) groups is 4. The third-order valence-corrected chi connectivity index (χ3v) is 7.56. The van der Waals surface area contributed by atoms with Gasteiger partial charge in [-0.15, -0.1) is 0 Å². The quantitative estimate of drug-likeness (QED) is 0.0630. The highest BCUT2D eigenvalue weighted by Gasteiger charge is 2.58. The Hall–Kier alpha value is -2.33. The predicted molar refractivity (Wildman–Crippen MR) is 156 cm³/mol. The molecule has 0 aromatic rings. The van der Waals surface area contributed by atoms with Crippen LogP contribution in [0.1, 0.15) is 92.9 Å². The zero-order valence-electron chi connectivity index (χ0n) is 25.3. The SMILES string of the molecule is C=C(C)C(=O)C(CCCCC)C(O)(OP(=O)(O)OC(O)(C(=O)C(=C)C)C(CCCCC)C(=O)C(=C)C)C(=O)C(=C)C. The number of unbranched alkanes of at least 4 members (excludes halogenated alkanes) is 4. The van der Waals surface area contributed by atoms with Gasteiger partial charge in [0.05, 0.1) is 11.8 Å². The summed E-state index contributed by atoms with van der Waals surface area (Å²) < 4.78 is 23.6. The van der Waals surface area contributed by atoms with Crippen LogP contribution >= 0.6 is 7.82 Å². The van der Waals surface area contributed by atoms with E-state index in [1.54, 1.807) is 0 Å². The van der Waals surface area contributed by atoms with Gasteiger partial charge >= 0.3 is 7.82 Å². The highest BCUT2D eigenvalue weighted by Crippen LogP contribution is 2.54. The summed E-state index contributed by atoms with van der Waals surface area (Å²) >= 11 is 0. The van der Waals surface area contributed by atoms with Crippen molar-refractivity contribution in [3.8, 4) is 0 Å². The molecule has 11 heteroatoms. The van der Waals surface area contributed by atoms with E-state index in [1.807, 2.05) is 13.8 Å². The summed E-state index contributed by atoms with van der Waals surface area (Å²) in [5.74, 6) is -14.2. The number of carbonyl (C=O) groups excluding carboxylic acids is 4. The third-order valence-electron chi connectivity index (χ3n) is 6.55. The monoisotopic (exact) mass is 598 g/mol. The molecule has 0 aromatic heterocycles. The van der Waals surface area contributed by atoms with Crippen molar-refractivity contribution in [3.05, 3.63) is 48.6 Å². The zero-order valence-corrected chi connectivity index (χ0v) is 26.2. The summed E-state index contributed by atoms with van der Waals surface area (Å²) in [4.78, 5) is 63.5. The molecule has 0 fully saturated rings. The molecule has 0 aliphatic rings. The largest absolute Gasteiger partial charge is 0.478 e. The number of ketones is 4. The van der Waals surface area contributed by atoms with E-state index in [4.69, 9.17) is 9.05 Å². The zero-order chi connectivity index (χ0) is 32.3. The number of phosphoric acid groups is 1. The number of allylic oxidation sites excluding steroid dienone is 2. The fraction of sp³-hybridized carbons (Fsp3) is 0.600. The van der Waals surface area contributed by atoms with Crippen molar-refractivity contribution in [2.45, 2.75) is 104 Å². The summed E-state index contributed by atoms with van der Waals surface area (Å²) in [5.41, 5.74) is -0.751. The number of aliphatic hydroxyl groups is 2. The molecule has 4 atom stereocenters. The highest BCUT2D eigenvalue weighted by molar-refractivity contribution is 7.47. The van der Waals surface area contributed by atoms with E-state index in [0.29, 0.717) is 25.7 Å². The van der Waals surface area contributed by atoms with E-state index in [2.05, 4.69) is 26.3 Å². The Balaban J connectivity index is 7.06. The van der Waals surface area contributed by atoms with Crippen LogP contribution < -0.4 is 0 Å². The second-order valence-electron chi connectivity index (χ2n) is 10.6. The fourth-order valence-electron chi connectivity index (χ4n) is 4.31. The minimum atomic E-state index is -5.84. The Morgan fingerprint density at radius 1 is 0.659 bits per heavy atom. The highest BCUT2D eigenvalue weighted by atomic mass is 31.2. The van der Waals surface area contributed by atoms with Gasteiger partial charge in [0, 0.05) is 0 Å². The Bertz CT molecular complexity index is 1020. The van der Waals surface area contributed by atoms with Crippen LogP contribution in [0.15, 0.2) is 48.6 Å². The molecule has 0 heterocycles. The first-order chi connectivity index (χ1) is 18.7. The van der Waals surface area contributed by atoms with Gasteiger partial charge in [-0.05, 0) is 62.8 Å². The van der Waals surface area contributed by atoms with Crippen LogP contribution in [-0.2, 0) is 32.8 Å². The van der Waals surface area contributed by atoms with Crippen molar-refractivity contribution in [1.29, 1.82) is 0 Å². The van der Waals surface area contributed by atoms with Crippen molar-refractivity contribution < 1.29 is 47.9 Å². The van der Waals surface area contributed by atoms with Crippen molar-refractivity contribution in [2.75, 3.05) is 0 Å². The summed E-state index contributed by atoms with van der Waals surface area (Å²) in [5, 5.41) is 23.1. The van der Waals surface area contributed by atoms with E-state index in [9.17, 15) is 38.8 Å². The minimum absolute atomic E-state index is 0.0614. The lowest BCUT2D eigenvalue weighted by molar-refractivity contribution is -0.216. The molecule has 10 nitrogen and oxygen atoms in total. The number of hydrogen-bond donors (Lipinski definition) is 3. The molecule has 0 saturated carbocycles. The normalized spacial score (nSPS) is 17.2. The fourth-order valence-corrected chi connectivity index (χ4v) is 5.47. The van der Waals surface area contributed by atoms with Gasteiger partial charge in [0.1, 0.15) is 0 Å². The van der Waals surface area contributed by atoms with Gasteiger partial charge in [-0.2, -0.15) is 0 Å². The smallest absolute Gasteiger partial charge is 0.358 e. The molecule has 0 spiro atoms. The molecule has 3 N–H and O–H groups in total. The predicted octanol–water partition coefficient (Wildman–Crippen LogP) is 5.47. The lowest BCUT2D eigenvalue weighted by atomic mass is 9.82. The number of phosphoric ester groups is 1. The van der Waals surface area contributed by atoms with Gasteiger partial charge in [-0.1, -0.05) is 78.7 Å². The van der Waals surface area contributed by atoms with Crippen molar-refractivity contribution in [3.63, 3.8) is 0 Å². The second kappa shape index (κ2) is 16.3. The standard InChI is InChI=1S/C30H47O10P/c1-11-13-15-17-23(25(31)19(3)4)29(35,27(33)21(7)8)39-41(37,38)40-30(36,28(34)22(9)10)24(18-16-14-12-2)26(32)20(5)6/h23-24,35-36H,3,5,7,9,11-18H2,1-2,4,6,8,10H3,(H,37,38). The molecular formula is C30H47O10P. The first-order valence-corrected chi connectivity index (χ1v) is 15.2. The first kappa shape index (κ1) is 38.7. The summed E-state index contributed by atoms with van der Waals surface area (Å²) in [6, 6.07) is 0. The molecule has 0 aromatic carbocycles. The minimum Gasteiger partial charge on any atom is -0.358 e. The molecule has 232 valence electrons. The Labute approximate surface area is 243 Å². The van der Waals surface area contributed by atoms with Crippen molar-refractivity contribution >= 4 is 31.0 Å². The van der Waals surface area contributed by atoms with Crippen LogP contribution in [0, 0.1) is 11.8 Å². The van der Waals surface area contributed by atoms with Crippen LogP contribution in [0.4, 0.5) is 0 Å². The van der Waals surface area contributed by atoms with E-state index in [1.165, 1.54) is 27.7 Å². The Morgan fingerprint density at radius 3 is 1.17 bits per heavy atom. The maximum atomic E-state index is 13.5. The average Bonchev–Trinajstić information content (AvgIpc) is 2.86. The molecule has 0 saturated heterocycles. The van der Waals surface area contributed by atoms with Crippen LogP contribution in [-0.4, -0.2) is 49.8 Å². The molecule has 41 heavy (non-hydrogen) atoms. The summed E-state index contributed by atoms with van der Waals surface area (Å²) in [6.07, 6.45) is 3.01. The summed E-state index contributed by atoms with van der Waals surface area (Å²) in [7, 11) is -5.84. The number of hydrogen-bond acceptors (Lipinski definition) is 9. The molecule has 0 aliphatic heterocycles. The van der Waals surface area contributed by atoms with E-state index >= 15 is 0 Å². The molecule has 0 amide bonds. The lowest BCUT2D eigenvalue weighted by Crippen LogP contribution is -2.54. The summed E-state index contributed by atoms with van der Waals surface area (Å²) in [6.45, 7) is 22.9. The van der Waals surface area contributed by atoms with E-state index in [-0.39, 0.29) is 35.1 Å². The van der Waals surface area contributed by atoms with Gasteiger partial charge in [0.2, 0.25) is 11.6 Å². The topological polar surface area (TPSA) is 164 Å². The second-order valence-corrected chi connectivity index (χ2v) is 12.0. The Morgan fingerprint density at radius 2 is 0.951 bits per heavy atom. The molecule has 4 unspecified atom stereocenters. The maximum absolute atomic E-state index is 13.5. The third kappa shape index (κ3) is 10.5. The molecular weight excluding hydrogens is 551 g/mol. The average molecular weight is 599 g/mol. The number of rotatable bonds is 22. The maximum Gasteiger partial charge on any atom is 0.478 e. The molecule has 0 rings (SSSR count). The number of Topliss-reactive ketones (excluding diaryl/α,β-unsaturated/α-hetero) is 4. The van der Waals surface area contributed by atoms with Gasteiger partial charge < -0.3 is 15.1 Å². The van der Waals surface area contributed by atoms with Crippen LogP contribution in [0.2, 0.25) is 0 Å². The van der Waals surface area contributed by atoms with Gasteiger partial charge in [0.15, 0.2) is 11.6 Å². The molecule has 0 radical (unpaired) electrons. The first-order valence-electron chi connectivity index (χ1n) is 13.7. The van der Waals surface area contributed by atoms with Gasteiger partial charge in [-0.25, -0.2) is 13.6 Å². The van der Waals surface area contributed by atoms with Crippen LogP contribution in [0.25, 0.3) is 0 Å². The van der Waals surface area contributed by atoms with Gasteiger partial charge in [-0.3, -0.25) is 19.2 Å². The van der Waals surface area contributed by atoms with E-state index < -0.39 is 54.4 Å². The molecule has 0 aliphatic carbocycles. The van der Waals surface area contributed by atoms with Crippen molar-refractivity contribution in [1.82, 2.24) is 0 Å². The molecule has 0 bridgehead atoms. The Kier molecular flexibility index (Phi) is 15.4. The van der Waals surface area contributed by atoms with E-state index in [0.717, 1.165) is 12.8 Å². The van der Waals surface area contributed by atoms with Crippen LogP contribution in [0.3, 0.4) is 0 Å². The van der Waals surface area contributed by atoms with Crippen molar-refractivity contribution in [2.24, 2.45) is 11.8 Å². The van der Waals surface area contributed by atoms with Gasteiger partial charge in [0.25, 0.3) is 11.6 Å². The lowest BCUT2D eigenvalue weighted by Gasteiger charge is -2.38.